The van der Waals surface area contributed by atoms with Gasteiger partial charge >= 0.3 is 0 Å². The number of imidazole rings is 1. The van der Waals surface area contributed by atoms with Gasteiger partial charge in [-0.05, 0) is 42.0 Å². The van der Waals surface area contributed by atoms with E-state index in [-0.39, 0.29) is 23.8 Å². The first kappa shape index (κ1) is 21.8. The van der Waals surface area contributed by atoms with Gasteiger partial charge in [0.15, 0.2) is 0 Å². The molecule has 3 heterocycles. The molecule has 0 saturated carbocycles. The predicted octanol–water partition coefficient (Wildman–Crippen LogP) is 2.53. The quantitative estimate of drug-likeness (QED) is 0.587. The maximum absolute atomic E-state index is 12.5. The Balaban J connectivity index is 1.27. The minimum Gasteiger partial charge on any atom is -0.489 e. The fourth-order valence-corrected chi connectivity index (χ4v) is 3.88. The van der Waals surface area contributed by atoms with Gasteiger partial charge in [-0.25, -0.2) is 4.98 Å². The number of fused-ring (bicyclic) bond motifs is 1. The van der Waals surface area contributed by atoms with Crippen LogP contribution in [0.2, 0.25) is 0 Å². The Labute approximate surface area is 187 Å². The molecule has 168 valence electrons. The molecular formula is C24H28N4O4. The van der Waals surface area contributed by atoms with Gasteiger partial charge in [-0.2, -0.15) is 0 Å². The van der Waals surface area contributed by atoms with E-state index >= 15 is 0 Å². The van der Waals surface area contributed by atoms with Gasteiger partial charge in [0.1, 0.15) is 17.5 Å². The molecule has 0 radical (unpaired) electrons. The van der Waals surface area contributed by atoms with Crippen LogP contribution in [0.15, 0.2) is 55.0 Å². The van der Waals surface area contributed by atoms with Gasteiger partial charge in [0, 0.05) is 50.8 Å². The van der Waals surface area contributed by atoms with Gasteiger partial charge in [0.25, 0.3) is 5.91 Å². The lowest BCUT2D eigenvalue weighted by Gasteiger charge is -2.20. The molecule has 1 saturated heterocycles. The Morgan fingerprint density at radius 3 is 2.81 bits per heavy atom. The number of pyridine rings is 1. The van der Waals surface area contributed by atoms with Crippen LogP contribution in [0.5, 0.6) is 5.75 Å². The van der Waals surface area contributed by atoms with Crippen molar-refractivity contribution >= 4 is 17.5 Å². The summed E-state index contributed by atoms with van der Waals surface area (Å²) < 4.78 is 13.0. The largest absolute Gasteiger partial charge is 0.489 e. The molecule has 1 aromatic carbocycles. The molecule has 32 heavy (non-hydrogen) atoms. The van der Waals surface area contributed by atoms with Crippen molar-refractivity contribution in [3.05, 3.63) is 66.1 Å². The van der Waals surface area contributed by atoms with Gasteiger partial charge in [0.2, 0.25) is 5.91 Å². The maximum Gasteiger partial charge on any atom is 0.251 e. The number of ether oxygens (including phenoxy) is 2. The second-order valence-electron chi connectivity index (χ2n) is 8.10. The normalized spacial score (nSPS) is 16.8. The number of carbonyl (C=O) groups is 2. The minimum atomic E-state index is -0.154. The van der Waals surface area contributed by atoms with Crippen LogP contribution in [0.1, 0.15) is 29.3 Å². The summed E-state index contributed by atoms with van der Waals surface area (Å²) in [4.78, 5) is 31.0. The molecule has 2 amide bonds. The fraction of sp³-hybridized carbons (Fsp3) is 0.375. The summed E-state index contributed by atoms with van der Waals surface area (Å²) in [6, 6.07) is 11.0. The molecular weight excluding hydrogens is 408 g/mol. The van der Waals surface area contributed by atoms with Crippen molar-refractivity contribution in [3.8, 4) is 5.75 Å². The van der Waals surface area contributed by atoms with Crippen molar-refractivity contribution in [1.29, 1.82) is 0 Å². The third-order valence-electron chi connectivity index (χ3n) is 5.63. The smallest absolute Gasteiger partial charge is 0.251 e. The number of rotatable bonds is 8. The summed E-state index contributed by atoms with van der Waals surface area (Å²) in [5, 5.41) is 2.93. The molecule has 0 aliphatic carbocycles. The molecule has 1 fully saturated rings. The molecule has 4 rings (SSSR count). The number of nitrogens with zero attached hydrogens (tertiary/aromatic N) is 3. The summed E-state index contributed by atoms with van der Waals surface area (Å²) in [5.74, 6) is 0.482. The number of nitrogens with one attached hydrogen (secondary N) is 1. The highest BCUT2D eigenvalue weighted by Gasteiger charge is 2.30. The first-order valence-electron chi connectivity index (χ1n) is 10.8. The third kappa shape index (κ3) is 5.08. The fourth-order valence-electron chi connectivity index (χ4n) is 3.88. The third-order valence-corrected chi connectivity index (χ3v) is 5.63. The molecule has 3 aromatic rings. The van der Waals surface area contributed by atoms with Crippen LogP contribution in [-0.4, -0.2) is 59.0 Å². The van der Waals surface area contributed by atoms with E-state index in [9.17, 15) is 9.59 Å². The number of amides is 2. The highest BCUT2D eigenvalue weighted by molar-refractivity contribution is 5.94. The van der Waals surface area contributed by atoms with Crippen LogP contribution in [0.4, 0.5) is 0 Å². The van der Waals surface area contributed by atoms with Crippen molar-refractivity contribution < 1.29 is 19.1 Å². The summed E-state index contributed by atoms with van der Waals surface area (Å²) in [6.07, 6.45) is 6.28. The lowest BCUT2D eigenvalue weighted by Crippen LogP contribution is -2.36. The number of aromatic nitrogens is 2. The maximum atomic E-state index is 12.5. The van der Waals surface area contributed by atoms with Crippen molar-refractivity contribution in [3.63, 3.8) is 0 Å². The average Bonchev–Trinajstić information content (AvgIpc) is 3.46. The predicted molar refractivity (Wildman–Crippen MR) is 119 cm³/mol. The molecule has 1 aliphatic rings. The van der Waals surface area contributed by atoms with E-state index in [1.165, 1.54) is 0 Å². The van der Waals surface area contributed by atoms with E-state index in [1.54, 1.807) is 37.6 Å². The minimum absolute atomic E-state index is 0.0500. The molecule has 8 nitrogen and oxygen atoms in total. The van der Waals surface area contributed by atoms with Crippen LogP contribution in [0, 0.1) is 5.92 Å². The zero-order chi connectivity index (χ0) is 22.5. The number of benzene rings is 1. The first-order chi connectivity index (χ1) is 15.5. The van der Waals surface area contributed by atoms with E-state index in [2.05, 4.69) is 10.3 Å². The molecule has 1 unspecified atom stereocenters. The van der Waals surface area contributed by atoms with Gasteiger partial charge in [-0.15, -0.1) is 0 Å². The first-order valence-corrected chi connectivity index (χ1v) is 10.8. The number of carbonyl (C=O) groups excluding carboxylic acids is 2. The second-order valence-corrected chi connectivity index (χ2v) is 8.10. The van der Waals surface area contributed by atoms with Crippen molar-refractivity contribution in [2.45, 2.75) is 26.0 Å². The van der Waals surface area contributed by atoms with Gasteiger partial charge in [-0.3, -0.25) is 9.59 Å². The zero-order valence-electron chi connectivity index (χ0n) is 18.4. The van der Waals surface area contributed by atoms with Gasteiger partial charge < -0.3 is 24.1 Å². The number of hydrogen-bond acceptors (Lipinski definition) is 5. The van der Waals surface area contributed by atoms with Crippen LogP contribution < -0.4 is 10.1 Å². The van der Waals surface area contributed by atoms with E-state index in [4.69, 9.17) is 9.47 Å². The second kappa shape index (κ2) is 9.82. The van der Waals surface area contributed by atoms with E-state index in [1.807, 2.05) is 40.8 Å². The van der Waals surface area contributed by atoms with E-state index in [0.717, 1.165) is 17.6 Å². The molecule has 1 N–H and O–H groups in total. The van der Waals surface area contributed by atoms with Crippen molar-refractivity contribution in [2.75, 3.05) is 26.8 Å². The number of methoxy groups -OCH3 is 1. The Bertz CT molecular complexity index is 1080. The van der Waals surface area contributed by atoms with Crippen molar-refractivity contribution in [2.24, 2.45) is 5.92 Å². The Hall–Kier alpha value is -3.39. The van der Waals surface area contributed by atoms with E-state index in [0.29, 0.717) is 37.6 Å². The average molecular weight is 437 g/mol. The van der Waals surface area contributed by atoms with Gasteiger partial charge in [0.05, 0.1) is 19.1 Å². The topological polar surface area (TPSA) is 85.2 Å². The standard InChI is InChI=1S/C24H28N4O4/c1-17(16-31-2)24(30)28-11-8-21(15-28)32-20-5-3-19(4-6-20)23(29)26-14-18-7-10-27-12-9-25-22(27)13-18/h3-7,9-10,12-13,17,21H,8,11,14-16H2,1-2H3,(H,26,29)/t17?,21-/m0/s1. The molecule has 0 spiro atoms. The highest BCUT2D eigenvalue weighted by atomic mass is 16.5. The lowest BCUT2D eigenvalue weighted by atomic mass is 10.2. The van der Waals surface area contributed by atoms with Crippen molar-refractivity contribution in [1.82, 2.24) is 19.6 Å². The number of likely N-dealkylation sites (tertiary alicyclic amines) is 1. The Morgan fingerprint density at radius 1 is 1.22 bits per heavy atom. The van der Waals surface area contributed by atoms with Crippen LogP contribution >= 0.6 is 0 Å². The zero-order valence-corrected chi connectivity index (χ0v) is 18.4. The Kier molecular flexibility index (Phi) is 6.70. The summed E-state index contributed by atoms with van der Waals surface area (Å²) in [5.41, 5.74) is 2.39. The molecule has 8 heteroatoms. The summed E-state index contributed by atoms with van der Waals surface area (Å²) in [7, 11) is 1.60. The lowest BCUT2D eigenvalue weighted by molar-refractivity contribution is -0.135. The van der Waals surface area contributed by atoms with Crippen LogP contribution in [-0.2, 0) is 16.1 Å². The summed E-state index contributed by atoms with van der Waals surface area (Å²) in [6.45, 7) is 3.97. The van der Waals surface area contributed by atoms with E-state index < -0.39 is 0 Å². The SMILES string of the molecule is COCC(C)C(=O)N1CC[C@H](Oc2ccc(C(=O)NCc3ccn4ccnc4c3)cc2)C1. The summed E-state index contributed by atoms with van der Waals surface area (Å²) >= 11 is 0. The molecule has 2 aromatic heterocycles. The monoisotopic (exact) mass is 436 g/mol. The molecule has 2 atom stereocenters. The molecule has 0 bridgehead atoms. The number of hydrogen-bond donors (Lipinski definition) is 1. The van der Waals surface area contributed by atoms with Crippen LogP contribution in [0.3, 0.4) is 0 Å². The van der Waals surface area contributed by atoms with Gasteiger partial charge in [-0.1, -0.05) is 6.92 Å². The Morgan fingerprint density at radius 2 is 2.03 bits per heavy atom. The highest BCUT2D eigenvalue weighted by Crippen LogP contribution is 2.20. The van der Waals surface area contributed by atoms with Crippen LogP contribution in [0.25, 0.3) is 5.65 Å². The molecule has 1 aliphatic heterocycles.